The molecule has 0 atom stereocenters. The van der Waals surface area contributed by atoms with Crippen molar-refractivity contribution in [1.82, 2.24) is 10.2 Å². The Morgan fingerprint density at radius 2 is 1.64 bits per heavy atom. The Bertz CT molecular complexity index is 1140. The predicted octanol–water partition coefficient (Wildman–Crippen LogP) is 3.69. The summed E-state index contributed by atoms with van der Waals surface area (Å²) in [7, 11) is 0. The molecule has 7 nitrogen and oxygen atoms in total. The predicted molar refractivity (Wildman–Crippen MR) is 103 cm³/mol. The highest BCUT2D eigenvalue weighted by Crippen LogP contribution is 2.19. The van der Waals surface area contributed by atoms with Crippen LogP contribution in [0.2, 0.25) is 0 Å². The van der Waals surface area contributed by atoms with Crippen molar-refractivity contribution in [3.8, 4) is 11.5 Å². The summed E-state index contributed by atoms with van der Waals surface area (Å²) >= 11 is 0. The maximum atomic E-state index is 12.2. The molecule has 0 unspecified atom stereocenters. The number of carbonyl (C=O) groups is 2. The average Bonchev–Trinajstić information content (AvgIpc) is 3.20. The number of nitrogens with one attached hydrogen (secondary N) is 1. The summed E-state index contributed by atoms with van der Waals surface area (Å²) < 4.78 is 10.4. The van der Waals surface area contributed by atoms with Crippen LogP contribution < -0.4 is 5.32 Å². The number of benzene rings is 3. The first kappa shape index (κ1) is 17.4. The van der Waals surface area contributed by atoms with Gasteiger partial charge in [0.2, 0.25) is 5.89 Å². The molecular weight excluding hydrogens is 358 g/mol. The van der Waals surface area contributed by atoms with E-state index in [2.05, 4.69) is 15.5 Å². The van der Waals surface area contributed by atoms with Crippen LogP contribution in [0.1, 0.15) is 10.4 Å². The zero-order chi connectivity index (χ0) is 19.3. The number of amides is 1. The zero-order valence-electron chi connectivity index (χ0n) is 14.7. The Labute approximate surface area is 160 Å². The Hall–Kier alpha value is -4.00. The minimum absolute atomic E-state index is 0.0643. The highest BCUT2D eigenvalue weighted by molar-refractivity contribution is 5.97. The number of nitrogens with zero attached hydrogens (tertiary/aromatic N) is 2. The second-order valence-corrected chi connectivity index (χ2v) is 5.96. The van der Waals surface area contributed by atoms with Crippen molar-refractivity contribution in [3.63, 3.8) is 0 Å². The molecule has 1 aromatic heterocycles. The van der Waals surface area contributed by atoms with Crippen molar-refractivity contribution in [1.29, 1.82) is 0 Å². The molecule has 1 amide bonds. The molecule has 0 spiro atoms. The molecule has 0 saturated heterocycles. The molecule has 1 N–H and O–H groups in total. The Morgan fingerprint density at radius 3 is 2.46 bits per heavy atom. The maximum absolute atomic E-state index is 12.2. The highest BCUT2D eigenvalue weighted by Gasteiger charge is 2.14. The number of aromatic nitrogens is 2. The smallest absolute Gasteiger partial charge is 0.338 e. The Balaban J connectivity index is 1.35. The lowest BCUT2D eigenvalue weighted by Crippen LogP contribution is -2.21. The molecule has 3 aromatic carbocycles. The van der Waals surface area contributed by atoms with E-state index in [1.54, 1.807) is 12.1 Å². The molecule has 0 aliphatic rings. The SMILES string of the molecule is O=C(COC(=O)c1ccc2ccccc2c1)Nc1nnc(-c2ccccc2)o1. The van der Waals surface area contributed by atoms with E-state index >= 15 is 0 Å². The van der Waals surface area contributed by atoms with Gasteiger partial charge in [-0.2, -0.15) is 0 Å². The first-order valence-electron chi connectivity index (χ1n) is 8.54. The molecule has 0 aliphatic carbocycles. The number of hydrogen-bond donors (Lipinski definition) is 1. The minimum Gasteiger partial charge on any atom is -0.452 e. The quantitative estimate of drug-likeness (QED) is 0.536. The van der Waals surface area contributed by atoms with Crippen LogP contribution in [0, 0.1) is 0 Å². The summed E-state index contributed by atoms with van der Waals surface area (Å²) in [4.78, 5) is 24.2. The van der Waals surface area contributed by atoms with Gasteiger partial charge in [-0.3, -0.25) is 10.1 Å². The van der Waals surface area contributed by atoms with E-state index in [0.717, 1.165) is 16.3 Å². The second-order valence-electron chi connectivity index (χ2n) is 5.96. The van der Waals surface area contributed by atoms with Crippen molar-refractivity contribution >= 4 is 28.7 Å². The van der Waals surface area contributed by atoms with Gasteiger partial charge in [0.1, 0.15) is 0 Å². The van der Waals surface area contributed by atoms with Gasteiger partial charge >= 0.3 is 12.0 Å². The fourth-order valence-electron chi connectivity index (χ4n) is 2.66. The van der Waals surface area contributed by atoms with Gasteiger partial charge in [-0.15, -0.1) is 5.10 Å². The lowest BCUT2D eigenvalue weighted by Gasteiger charge is -2.05. The molecule has 0 aliphatic heterocycles. The molecule has 0 saturated carbocycles. The largest absolute Gasteiger partial charge is 0.452 e. The first-order valence-corrected chi connectivity index (χ1v) is 8.54. The van der Waals surface area contributed by atoms with Crippen LogP contribution in [0.25, 0.3) is 22.2 Å². The van der Waals surface area contributed by atoms with E-state index in [9.17, 15) is 9.59 Å². The van der Waals surface area contributed by atoms with E-state index in [1.165, 1.54) is 0 Å². The number of ether oxygens (including phenoxy) is 1. The molecule has 28 heavy (non-hydrogen) atoms. The van der Waals surface area contributed by atoms with E-state index in [4.69, 9.17) is 9.15 Å². The van der Waals surface area contributed by atoms with Crippen LogP contribution >= 0.6 is 0 Å². The third-order valence-corrected chi connectivity index (χ3v) is 4.01. The van der Waals surface area contributed by atoms with Gasteiger partial charge in [-0.1, -0.05) is 53.6 Å². The Kier molecular flexibility index (Phi) is 4.79. The number of anilines is 1. The lowest BCUT2D eigenvalue weighted by atomic mass is 10.1. The topological polar surface area (TPSA) is 94.3 Å². The number of hydrogen-bond acceptors (Lipinski definition) is 6. The zero-order valence-corrected chi connectivity index (χ0v) is 14.7. The molecule has 1 heterocycles. The lowest BCUT2D eigenvalue weighted by molar-refractivity contribution is -0.119. The third-order valence-electron chi connectivity index (χ3n) is 4.01. The van der Waals surface area contributed by atoms with Gasteiger partial charge in [-0.05, 0) is 35.0 Å². The standard InChI is InChI=1S/C21H15N3O4/c25-18(22-21-24-23-19(28-21)15-7-2-1-3-8-15)13-27-20(26)17-11-10-14-6-4-5-9-16(14)12-17/h1-12H,13H2,(H,22,24,25). The second kappa shape index (κ2) is 7.71. The third kappa shape index (κ3) is 3.88. The molecular formula is C21H15N3O4. The van der Waals surface area contributed by atoms with Gasteiger partial charge < -0.3 is 9.15 Å². The van der Waals surface area contributed by atoms with E-state index in [-0.39, 0.29) is 11.9 Å². The summed E-state index contributed by atoms with van der Waals surface area (Å²) in [5, 5.41) is 12.0. The summed E-state index contributed by atoms with van der Waals surface area (Å²) in [6, 6.07) is 22.0. The molecule has 7 heteroatoms. The molecule has 0 fully saturated rings. The maximum Gasteiger partial charge on any atom is 0.338 e. The van der Waals surface area contributed by atoms with E-state index < -0.39 is 18.5 Å². The van der Waals surface area contributed by atoms with Crippen LogP contribution in [0.15, 0.2) is 77.2 Å². The number of rotatable bonds is 5. The monoisotopic (exact) mass is 373 g/mol. The van der Waals surface area contributed by atoms with Gasteiger partial charge in [0, 0.05) is 5.56 Å². The van der Waals surface area contributed by atoms with Crippen molar-refractivity contribution in [3.05, 3.63) is 78.4 Å². The fourth-order valence-corrected chi connectivity index (χ4v) is 2.66. The first-order chi connectivity index (χ1) is 13.7. The minimum atomic E-state index is -0.587. The number of esters is 1. The fraction of sp³-hybridized carbons (Fsp3) is 0.0476. The summed E-state index contributed by atoms with van der Waals surface area (Å²) in [6.07, 6.45) is 0. The normalized spacial score (nSPS) is 10.6. The summed E-state index contributed by atoms with van der Waals surface area (Å²) in [5.41, 5.74) is 1.11. The highest BCUT2D eigenvalue weighted by atomic mass is 16.5. The van der Waals surface area contributed by atoms with E-state index in [1.807, 2.05) is 60.7 Å². The molecule has 0 bridgehead atoms. The average molecular weight is 373 g/mol. The number of carbonyl (C=O) groups excluding carboxylic acids is 2. The van der Waals surface area contributed by atoms with Crippen LogP contribution in [0.5, 0.6) is 0 Å². The summed E-state index contributed by atoms with van der Waals surface area (Å²) in [5.74, 6) is -0.877. The van der Waals surface area contributed by atoms with Crippen LogP contribution in [-0.2, 0) is 9.53 Å². The number of fused-ring (bicyclic) bond motifs is 1. The van der Waals surface area contributed by atoms with Gasteiger partial charge in [-0.25, -0.2) is 4.79 Å². The van der Waals surface area contributed by atoms with Gasteiger partial charge in [0.05, 0.1) is 5.56 Å². The molecule has 138 valence electrons. The van der Waals surface area contributed by atoms with E-state index in [0.29, 0.717) is 5.56 Å². The van der Waals surface area contributed by atoms with Crippen molar-refractivity contribution < 1.29 is 18.7 Å². The van der Waals surface area contributed by atoms with Crippen LogP contribution in [0.3, 0.4) is 0 Å². The molecule has 0 radical (unpaired) electrons. The van der Waals surface area contributed by atoms with Crippen molar-refractivity contribution in [2.24, 2.45) is 0 Å². The molecule has 4 aromatic rings. The van der Waals surface area contributed by atoms with Crippen LogP contribution in [-0.4, -0.2) is 28.7 Å². The van der Waals surface area contributed by atoms with Crippen molar-refractivity contribution in [2.45, 2.75) is 0 Å². The summed E-state index contributed by atoms with van der Waals surface area (Å²) in [6.45, 7) is -0.464. The van der Waals surface area contributed by atoms with Crippen molar-refractivity contribution in [2.75, 3.05) is 11.9 Å². The molecule has 4 rings (SSSR count). The van der Waals surface area contributed by atoms with Gasteiger partial charge in [0.25, 0.3) is 5.91 Å². The van der Waals surface area contributed by atoms with Crippen LogP contribution in [0.4, 0.5) is 6.01 Å². The Morgan fingerprint density at radius 1 is 0.893 bits per heavy atom. The van der Waals surface area contributed by atoms with Gasteiger partial charge in [0.15, 0.2) is 6.61 Å².